The van der Waals surface area contributed by atoms with Crippen LogP contribution in [0.1, 0.15) is 40.8 Å². The molecule has 1 unspecified atom stereocenters. The first-order valence-corrected chi connectivity index (χ1v) is 7.88. The maximum Gasteiger partial charge on any atom is 0.0579 e. The van der Waals surface area contributed by atoms with Crippen LogP contribution >= 0.6 is 15.9 Å². The molecule has 0 spiro atoms. The summed E-state index contributed by atoms with van der Waals surface area (Å²) in [5.41, 5.74) is 6.67. The number of nitrogens with one attached hydrogen (secondary N) is 1. The molecular formula is C18H22BrN. The molecule has 2 heteroatoms. The van der Waals surface area contributed by atoms with E-state index in [1.54, 1.807) is 0 Å². The Bertz CT molecular complexity index is 604. The van der Waals surface area contributed by atoms with E-state index >= 15 is 0 Å². The number of benzene rings is 2. The van der Waals surface area contributed by atoms with Crippen LogP contribution in [0.25, 0.3) is 0 Å². The highest BCUT2D eigenvalue weighted by Gasteiger charge is 2.16. The molecule has 2 aromatic carbocycles. The second-order valence-electron chi connectivity index (χ2n) is 5.34. The van der Waals surface area contributed by atoms with Crippen LogP contribution in [0.5, 0.6) is 0 Å². The predicted molar refractivity (Wildman–Crippen MR) is 90.3 cm³/mol. The molecule has 0 saturated heterocycles. The van der Waals surface area contributed by atoms with Crippen LogP contribution in [-0.2, 0) is 0 Å². The van der Waals surface area contributed by atoms with Crippen molar-refractivity contribution in [3.63, 3.8) is 0 Å². The van der Waals surface area contributed by atoms with Gasteiger partial charge >= 0.3 is 0 Å². The fraction of sp³-hybridized carbons (Fsp3) is 0.333. The van der Waals surface area contributed by atoms with Crippen LogP contribution in [0.15, 0.2) is 40.9 Å². The molecular weight excluding hydrogens is 310 g/mol. The highest BCUT2D eigenvalue weighted by Crippen LogP contribution is 2.28. The summed E-state index contributed by atoms with van der Waals surface area (Å²) in [4.78, 5) is 0. The highest BCUT2D eigenvalue weighted by molar-refractivity contribution is 9.10. The molecule has 0 aliphatic rings. The van der Waals surface area contributed by atoms with Crippen molar-refractivity contribution in [1.82, 2.24) is 5.32 Å². The first-order valence-electron chi connectivity index (χ1n) is 7.09. The van der Waals surface area contributed by atoms with E-state index in [1.165, 1.54) is 27.8 Å². The first kappa shape index (κ1) is 15.3. The summed E-state index contributed by atoms with van der Waals surface area (Å²) >= 11 is 3.59. The maximum atomic E-state index is 3.61. The molecule has 1 nitrogen and oxygen atoms in total. The number of aryl methyl sites for hydroxylation is 3. The van der Waals surface area contributed by atoms with Crippen molar-refractivity contribution in [3.8, 4) is 0 Å². The van der Waals surface area contributed by atoms with Gasteiger partial charge in [-0.05, 0) is 67.3 Å². The van der Waals surface area contributed by atoms with Crippen molar-refractivity contribution in [2.45, 2.75) is 33.7 Å². The van der Waals surface area contributed by atoms with Crippen LogP contribution < -0.4 is 5.32 Å². The molecule has 0 aliphatic heterocycles. The van der Waals surface area contributed by atoms with E-state index in [9.17, 15) is 0 Å². The van der Waals surface area contributed by atoms with Crippen LogP contribution in [0.3, 0.4) is 0 Å². The third-order valence-electron chi connectivity index (χ3n) is 3.82. The minimum atomic E-state index is 0.247. The quantitative estimate of drug-likeness (QED) is 0.824. The molecule has 2 rings (SSSR count). The Balaban J connectivity index is 2.49. The maximum absolute atomic E-state index is 3.61. The summed E-state index contributed by atoms with van der Waals surface area (Å²) in [6.45, 7) is 9.61. The van der Waals surface area contributed by atoms with Gasteiger partial charge in [-0.2, -0.15) is 0 Å². The second-order valence-corrected chi connectivity index (χ2v) is 6.25. The van der Waals surface area contributed by atoms with Gasteiger partial charge in [0.25, 0.3) is 0 Å². The number of halogens is 1. The second kappa shape index (κ2) is 6.55. The summed E-state index contributed by atoms with van der Waals surface area (Å²) in [5, 5.41) is 3.61. The SMILES string of the molecule is CCNC(c1ccc(C)c(C)c1)c1cc(Br)ccc1C. The lowest BCUT2D eigenvalue weighted by Gasteiger charge is -2.22. The Morgan fingerprint density at radius 1 is 0.950 bits per heavy atom. The Kier molecular flexibility index (Phi) is 5.00. The molecule has 0 amide bonds. The van der Waals surface area contributed by atoms with E-state index < -0.39 is 0 Å². The third-order valence-corrected chi connectivity index (χ3v) is 4.32. The normalized spacial score (nSPS) is 12.4. The topological polar surface area (TPSA) is 12.0 Å². The summed E-state index contributed by atoms with van der Waals surface area (Å²) in [5.74, 6) is 0. The zero-order chi connectivity index (χ0) is 14.7. The fourth-order valence-electron chi connectivity index (χ4n) is 2.48. The summed E-state index contributed by atoms with van der Waals surface area (Å²) in [6, 6.07) is 13.5. The van der Waals surface area contributed by atoms with E-state index in [0.29, 0.717) is 0 Å². The standard InChI is InChI=1S/C18H22BrN/c1-5-20-18(15-8-6-12(2)14(4)10-15)17-11-16(19)9-7-13(17)3/h6-11,18,20H,5H2,1-4H3. The van der Waals surface area contributed by atoms with Gasteiger partial charge < -0.3 is 5.32 Å². The lowest BCUT2D eigenvalue weighted by molar-refractivity contribution is 0.627. The van der Waals surface area contributed by atoms with Gasteiger partial charge in [0, 0.05) is 4.47 Å². The molecule has 1 N–H and O–H groups in total. The molecule has 0 saturated carbocycles. The number of rotatable bonds is 4. The van der Waals surface area contributed by atoms with Gasteiger partial charge in [-0.1, -0.05) is 47.1 Å². The smallest absolute Gasteiger partial charge is 0.0579 e. The van der Waals surface area contributed by atoms with Gasteiger partial charge in [-0.25, -0.2) is 0 Å². The Labute approximate surface area is 130 Å². The zero-order valence-corrected chi connectivity index (χ0v) is 14.2. The number of hydrogen-bond donors (Lipinski definition) is 1. The van der Waals surface area contributed by atoms with Gasteiger partial charge in [0.05, 0.1) is 6.04 Å². The van der Waals surface area contributed by atoms with Gasteiger partial charge in [-0.3, -0.25) is 0 Å². The van der Waals surface area contributed by atoms with Crippen molar-refractivity contribution < 1.29 is 0 Å². The largest absolute Gasteiger partial charge is 0.307 e. The van der Waals surface area contributed by atoms with Gasteiger partial charge in [0.15, 0.2) is 0 Å². The molecule has 106 valence electrons. The molecule has 0 aromatic heterocycles. The van der Waals surface area contributed by atoms with Gasteiger partial charge in [0.1, 0.15) is 0 Å². The highest BCUT2D eigenvalue weighted by atomic mass is 79.9. The first-order chi connectivity index (χ1) is 9.52. The van der Waals surface area contributed by atoms with E-state index in [0.717, 1.165) is 11.0 Å². The predicted octanol–water partition coefficient (Wildman–Crippen LogP) is 5.07. The lowest BCUT2D eigenvalue weighted by Crippen LogP contribution is -2.23. The van der Waals surface area contributed by atoms with Crippen molar-refractivity contribution >= 4 is 15.9 Å². The Hall–Kier alpha value is -1.12. The van der Waals surface area contributed by atoms with Crippen molar-refractivity contribution in [1.29, 1.82) is 0 Å². The van der Waals surface area contributed by atoms with Crippen LogP contribution in [0.2, 0.25) is 0 Å². The Morgan fingerprint density at radius 3 is 2.30 bits per heavy atom. The molecule has 0 radical (unpaired) electrons. The van der Waals surface area contributed by atoms with Crippen molar-refractivity contribution in [2.24, 2.45) is 0 Å². The molecule has 20 heavy (non-hydrogen) atoms. The minimum Gasteiger partial charge on any atom is -0.307 e. The zero-order valence-electron chi connectivity index (χ0n) is 12.6. The van der Waals surface area contributed by atoms with Gasteiger partial charge in [0.2, 0.25) is 0 Å². The van der Waals surface area contributed by atoms with Crippen molar-refractivity contribution in [2.75, 3.05) is 6.54 Å². The van der Waals surface area contributed by atoms with Gasteiger partial charge in [-0.15, -0.1) is 0 Å². The van der Waals surface area contributed by atoms with E-state index in [1.807, 2.05) is 0 Å². The van der Waals surface area contributed by atoms with Crippen LogP contribution in [0, 0.1) is 20.8 Å². The molecule has 0 fully saturated rings. The monoisotopic (exact) mass is 331 g/mol. The third kappa shape index (κ3) is 3.31. The molecule has 0 bridgehead atoms. The summed E-state index contributed by atoms with van der Waals surface area (Å²) in [7, 11) is 0. The molecule has 2 aromatic rings. The minimum absolute atomic E-state index is 0.247. The fourth-order valence-corrected chi connectivity index (χ4v) is 2.86. The van der Waals surface area contributed by atoms with Crippen molar-refractivity contribution in [3.05, 3.63) is 68.7 Å². The summed E-state index contributed by atoms with van der Waals surface area (Å²) in [6.07, 6.45) is 0. The average Bonchev–Trinajstić information content (AvgIpc) is 2.42. The van der Waals surface area contributed by atoms with Crippen LogP contribution in [-0.4, -0.2) is 6.54 Å². The summed E-state index contributed by atoms with van der Waals surface area (Å²) < 4.78 is 1.13. The molecule has 1 atom stereocenters. The average molecular weight is 332 g/mol. The van der Waals surface area contributed by atoms with E-state index in [4.69, 9.17) is 0 Å². The lowest BCUT2D eigenvalue weighted by atomic mass is 9.93. The Morgan fingerprint density at radius 2 is 1.65 bits per heavy atom. The van der Waals surface area contributed by atoms with E-state index in [-0.39, 0.29) is 6.04 Å². The molecule has 0 aliphatic carbocycles. The number of hydrogen-bond acceptors (Lipinski definition) is 1. The van der Waals surface area contributed by atoms with E-state index in [2.05, 4.69) is 85.3 Å². The molecule has 0 heterocycles. The van der Waals surface area contributed by atoms with Crippen LogP contribution in [0.4, 0.5) is 0 Å².